The largest absolute Gasteiger partial charge is 0.448 e. The molecule has 2 aliphatic heterocycles. The third-order valence-electron chi connectivity index (χ3n) is 8.35. The molecule has 2 atom stereocenters. The van der Waals surface area contributed by atoms with Gasteiger partial charge in [-0.25, -0.2) is 9.18 Å². The summed E-state index contributed by atoms with van der Waals surface area (Å²) in [5, 5.41) is 21.0. The molecule has 0 aromatic heterocycles. The lowest BCUT2D eigenvalue weighted by Crippen LogP contribution is -2.60. The molecule has 5 nitrogen and oxygen atoms in total. The zero-order chi connectivity index (χ0) is 25.6. The maximum absolute atomic E-state index is 13.9. The van der Waals surface area contributed by atoms with Crippen molar-refractivity contribution in [2.45, 2.75) is 62.1 Å². The van der Waals surface area contributed by atoms with Crippen molar-refractivity contribution >= 4 is 6.09 Å². The Bertz CT molecular complexity index is 1340. The van der Waals surface area contributed by atoms with Gasteiger partial charge in [0.2, 0.25) is 0 Å². The van der Waals surface area contributed by atoms with Crippen LogP contribution in [0, 0.1) is 17.1 Å². The number of nitrogens with zero attached hydrogens (tertiary/aromatic N) is 2. The van der Waals surface area contributed by atoms with E-state index >= 15 is 0 Å². The summed E-state index contributed by atoms with van der Waals surface area (Å²) in [6, 6.07) is 22.4. The molecule has 3 aromatic rings. The fraction of sp³-hybridized carbons (Fsp3) is 0.355. The molecule has 6 rings (SSSR count). The van der Waals surface area contributed by atoms with Gasteiger partial charge >= 0.3 is 6.09 Å². The van der Waals surface area contributed by atoms with Gasteiger partial charge in [0.25, 0.3) is 0 Å². The SMILES string of the molecule is N#Cc1ccc(F)cc1CC1(O)CC2CCCC(C1)N2C(=O)OCC1c2ccccc2-c2ccccc21. The fourth-order valence-corrected chi connectivity index (χ4v) is 6.81. The molecule has 2 saturated heterocycles. The van der Waals surface area contributed by atoms with Gasteiger partial charge in [0.15, 0.2) is 0 Å². The van der Waals surface area contributed by atoms with Crippen LogP contribution in [0.1, 0.15) is 60.3 Å². The lowest BCUT2D eigenvalue weighted by atomic mass is 9.73. The third-order valence-corrected chi connectivity index (χ3v) is 8.35. The number of aliphatic hydroxyl groups is 1. The van der Waals surface area contributed by atoms with Crippen LogP contribution in [0.4, 0.5) is 9.18 Å². The highest BCUT2D eigenvalue weighted by atomic mass is 19.1. The standard InChI is InChI=1S/C31H29FN2O3/c32-22-13-12-20(18-33)21(14-22)15-31(36)16-23-6-5-7-24(17-31)34(23)30(35)37-19-29-27-10-3-1-8-25(27)26-9-2-4-11-28(26)29/h1-4,8-14,23-24,29,36H,5-7,15-17,19H2. The number of piperidine rings is 2. The van der Waals surface area contributed by atoms with Gasteiger partial charge in [0.05, 0.1) is 17.2 Å². The molecule has 0 saturated carbocycles. The van der Waals surface area contributed by atoms with E-state index in [1.807, 2.05) is 29.2 Å². The number of hydrogen-bond acceptors (Lipinski definition) is 4. The van der Waals surface area contributed by atoms with Gasteiger partial charge in [-0.15, -0.1) is 0 Å². The van der Waals surface area contributed by atoms with Gasteiger partial charge < -0.3 is 14.7 Å². The second-order valence-electron chi connectivity index (χ2n) is 10.7. The molecule has 1 aliphatic carbocycles. The summed E-state index contributed by atoms with van der Waals surface area (Å²) >= 11 is 0. The topological polar surface area (TPSA) is 73.6 Å². The van der Waals surface area contributed by atoms with Crippen LogP contribution >= 0.6 is 0 Å². The van der Waals surface area contributed by atoms with Crippen molar-refractivity contribution in [3.8, 4) is 17.2 Å². The summed E-state index contributed by atoms with van der Waals surface area (Å²) in [5.74, 6) is -0.427. The van der Waals surface area contributed by atoms with E-state index in [4.69, 9.17) is 4.74 Å². The van der Waals surface area contributed by atoms with Crippen LogP contribution in [0.2, 0.25) is 0 Å². The summed E-state index contributed by atoms with van der Waals surface area (Å²) in [4.78, 5) is 15.3. The van der Waals surface area contributed by atoms with Gasteiger partial charge in [-0.3, -0.25) is 0 Å². The fourth-order valence-electron chi connectivity index (χ4n) is 6.81. The van der Waals surface area contributed by atoms with Crippen LogP contribution in [-0.4, -0.2) is 40.4 Å². The highest BCUT2D eigenvalue weighted by molar-refractivity contribution is 5.79. The first-order valence-corrected chi connectivity index (χ1v) is 13.0. The Hall–Kier alpha value is -3.69. The quantitative estimate of drug-likeness (QED) is 0.485. The second-order valence-corrected chi connectivity index (χ2v) is 10.7. The van der Waals surface area contributed by atoms with Gasteiger partial charge in [0.1, 0.15) is 12.4 Å². The van der Waals surface area contributed by atoms with E-state index < -0.39 is 11.4 Å². The van der Waals surface area contributed by atoms with Crippen molar-refractivity contribution in [3.05, 3.63) is 94.8 Å². The first-order chi connectivity index (χ1) is 18.0. The van der Waals surface area contributed by atoms with Crippen LogP contribution in [0.3, 0.4) is 0 Å². The molecule has 2 unspecified atom stereocenters. The summed E-state index contributed by atoms with van der Waals surface area (Å²) in [6.45, 7) is 0.266. The molecule has 1 amide bonds. The van der Waals surface area contributed by atoms with Gasteiger partial charge in [-0.05, 0) is 78.1 Å². The van der Waals surface area contributed by atoms with E-state index in [1.54, 1.807) is 0 Å². The Kier molecular flexibility index (Phi) is 5.97. The molecule has 3 aromatic carbocycles. The summed E-state index contributed by atoms with van der Waals surface area (Å²) in [6.07, 6.45) is 3.20. The number of amides is 1. The van der Waals surface area contributed by atoms with Crippen molar-refractivity contribution in [1.82, 2.24) is 4.90 Å². The Balaban J connectivity index is 1.18. The molecule has 0 spiro atoms. The van der Waals surface area contributed by atoms with Crippen LogP contribution in [0.15, 0.2) is 66.7 Å². The molecule has 0 radical (unpaired) electrons. The van der Waals surface area contributed by atoms with E-state index in [1.165, 1.54) is 40.5 Å². The highest BCUT2D eigenvalue weighted by Gasteiger charge is 2.48. The predicted molar refractivity (Wildman–Crippen MR) is 137 cm³/mol. The minimum absolute atomic E-state index is 0.00436. The van der Waals surface area contributed by atoms with Crippen LogP contribution in [-0.2, 0) is 11.2 Å². The summed E-state index contributed by atoms with van der Waals surface area (Å²) < 4.78 is 19.9. The number of carbonyl (C=O) groups excluding carboxylic acids is 1. The Morgan fingerprint density at radius 3 is 2.27 bits per heavy atom. The van der Waals surface area contributed by atoms with E-state index in [0.29, 0.717) is 24.0 Å². The van der Waals surface area contributed by atoms with Gasteiger partial charge in [0, 0.05) is 24.4 Å². The normalized spacial score (nSPS) is 24.2. The Morgan fingerprint density at radius 1 is 1.03 bits per heavy atom. The van der Waals surface area contributed by atoms with E-state index in [2.05, 4.69) is 30.3 Å². The number of fused-ring (bicyclic) bond motifs is 5. The minimum Gasteiger partial charge on any atom is -0.448 e. The monoisotopic (exact) mass is 496 g/mol. The van der Waals surface area contributed by atoms with Gasteiger partial charge in [-0.2, -0.15) is 5.26 Å². The number of rotatable bonds is 4. The first kappa shape index (κ1) is 23.7. The summed E-state index contributed by atoms with van der Waals surface area (Å²) in [7, 11) is 0. The molecule has 2 heterocycles. The number of carbonyl (C=O) groups is 1. The average Bonchev–Trinajstić information content (AvgIpc) is 3.20. The number of benzene rings is 3. The molecule has 37 heavy (non-hydrogen) atoms. The van der Waals surface area contributed by atoms with Crippen molar-refractivity contribution in [1.29, 1.82) is 5.26 Å². The second kappa shape index (κ2) is 9.32. The molecule has 188 valence electrons. The van der Waals surface area contributed by atoms with E-state index in [0.717, 1.165) is 19.3 Å². The number of nitriles is 1. The van der Waals surface area contributed by atoms with Crippen molar-refractivity contribution in [3.63, 3.8) is 0 Å². The predicted octanol–water partition coefficient (Wildman–Crippen LogP) is 5.94. The molecular formula is C31H29FN2O3. The Morgan fingerprint density at radius 2 is 1.65 bits per heavy atom. The van der Waals surface area contributed by atoms with Crippen LogP contribution < -0.4 is 0 Å². The van der Waals surface area contributed by atoms with Crippen LogP contribution in [0.5, 0.6) is 0 Å². The molecule has 6 heteroatoms. The van der Waals surface area contributed by atoms with Crippen molar-refractivity contribution < 1.29 is 19.0 Å². The van der Waals surface area contributed by atoms with Crippen molar-refractivity contribution in [2.24, 2.45) is 0 Å². The molecule has 2 bridgehead atoms. The maximum Gasteiger partial charge on any atom is 0.410 e. The van der Waals surface area contributed by atoms with Crippen molar-refractivity contribution in [2.75, 3.05) is 6.61 Å². The zero-order valence-corrected chi connectivity index (χ0v) is 20.6. The van der Waals surface area contributed by atoms with Gasteiger partial charge in [-0.1, -0.05) is 48.5 Å². The molecule has 2 fully saturated rings. The highest BCUT2D eigenvalue weighted by Crippen LogP contribution is 2.45. The van der Waals surface area contributed by atoms with E-state index in [9.17, 15) is 19.6 Å². The number of ether oxygens (including phenoxy) is 1. The smallest absolute Gasteiger partial charge is 0.410 e. The number of hydrogen-bond donors (Lipinski definition) is 1. The lowest BCUT2D eigenvalue weighted by Gasteiger charge is -2.51. The number of halogens is 1. The third kappa shape index (κ3) is 4.28. The Labute approximate surface area is 216 Å². The zero-order valence-electron chi connectivity index (χ0n) is 20.6. The van der Waals surface area contributed by atoms with E-state index in [-0.39, 0.29) is 37.1 Å². The lowest BCUT2D eigenvalue weighted by molar-refractivity contribution is -0.0840. The molecule has 1 N–H and O–H groups in total. The molecule has 3 aliphatic rings. The minimum atomic E-state index is -1.10. The maximum atomic E-state index is 13.9. The van der Waals surface area contributed by atoms with Crippen LogP contribution in [0.25, 0.3) is 11.1 Å². The summed E-state index contributed by atoms with van der Waals surface area (Å²) in [5.41, 5.74) is 4.51. The average molecular weight is 497 g/mol. The molecular weight excluding hydrogens is 467 g/mol. The first-order valence-electron chi connectivity index (χ1n) is 13.0.